The van der Waals surface area contributed by atoms with Crippen molar-refractivity contribution in [3.63, 3.8) is 0 Å². The van der Waals surface area contributed by atoms with Gasteiger partial charge in [-0.2, -0.15) is 0 Å². The predicted molar refractivity (Wildman–Crippen MR) is 119 cm³/mol. The molecule has 10 heteroatoms. The lowest BCUT2D eigenvalue weighted by atomic mass is 10.3. The molecule has 1 heterocycles. The third-order valence-corrected chi connectivity index (χ3v) is 5.61. The number of carbonyl (C=O) groups excluding carboxylic acids is 1. The van der Waals surface area contributed by atoms with Crippen LogP contribution in [0.1, 0.15) is 5.82 Å². The van der Waals surface area contributed by atoms with Crippen LogP contribution in [0.5, 0.6) is 5.75 Å². The Morgan fingerprint density at radius 2 is 2.07 bits per heavy atom. The van der Waals surface area contributed by atoms with Gasteiger partial charge in [0.05, 0.1) is 10.8 Å². The number of anilines is 1. The van der Waals surface area contributed by atoms with Crippen LogP contribution in [0.4, 0.5) is 10.1 Å². The van der Waals surface area contributed by atoms with E-state index in [2.05, 4.69) is 38.0 Å². The minimum atomic E-state index is -0.442. The maximum atomic E-state index is 13.2. The van der Waals surface area contributed by atoms with Crippen molar-refractivity contribution in [2.24, 2.45) is 0 Å². The summed E-state index contributed by atoms with van der Waals surface area (Å²) in [6.45, 7) is 4.27. The van der Waals surface area contributed by atoms with Crippen molar-refractivity contribution in [2.75, 3.05) is 11.1 Å². The van der Waals surface area contributed by atoms with E-state index in [1.807, 2.05) is 24.3 Å². The van der Waals surface area contributed by atoms with Gasteiger partial charge < -0.3 is 10.1 Å². The molecule has 0 spiro atoms. The zero-order valence-electron chi connectivity index (χ0n) is 15.6. The van der Waals surface area contributed by atoms with Gasteiger partial charge in [-0.3, -0.25) is 9.36 Å². The van der Waals surface area contributed by atoms with Crippen molar-refractivity contribution in [1.82, 2.24) is 14.8 Å². The maximum absolute atomic E-state index is 13.2. The fourth-order valence-corrected chi connectivity index (χ4v) is 3.69. The monoisotopic (exact) mass is 510 g/mol. The minimum Gasteiger partial charge on any atom is -0.484 e. The first-order chi connectivity index (χ1) is 14.5. The number of ether oxygens (including phenoxy) is 1. The Morgan fingerprint density at radius 1 is 1.30 bits per heavy atom. The summed E-state index contributed by atoms with van der Waals surface area (Å²) in [6.07, 6.45) is 1.70. The molecular weight excluding hydrogens is 495 g/mol. The molecule has 3 aromatic rings. The van der Waals surface area contributed by atoms with Gasteiger partial charge in [-0.25, -0.2) is 4.39 Å². The number of aromatic nitrogens is 3. The van der Waals surface area contributed by atoms with Gasteiger partial charge in [0.2, 0.25) is 5.91 Å². The molecule has 156 valence electrons. The van der Waals surface area contributed by atoms with Crippen LogP contribution in [0.15, 0.2) is 64.7 Å². The summed E-state index contributed by atoms with van der Waals surface area (Å²) in [5, 5.41) is 11.8. The lowest BCUT2D eigenvalue weighted by Gasteiger charge is -2.10. The highest BCUT2D eigenvalue weighted by atomic mass is 79.9. The molecule has 0 unspecified atom stereocenters. The summed E-state index contributed by atoms with van der Waals surface area (Å²) in [7, 11) is 0. The fourth-order valence-electron chi connectivity index (χ4n) is 2.44. The Morgan fingerprint density at radius 3 is 2.77 bits per heavy atom. The second kappa shape index (κ2) is 10.6. The molecule has 1 amide bonds. The standard InChI is InChI=1S/C20H17BrClFN4O2S/c1-2-9-27-18(11-29-17-8-5-14(23)10-16(17)22)25-26-20(27)30-12-19(28)24-15-6-3-13(21)4-7-15/h2-8,10H,1,9,11-12H2,(H,24,28). The zero-order chi connectivity index (χ0) is 21.5. The number of benzene rings is 2. The molecule has 30 heavy (non-hydrogen) atoms. The number of nitrogens with zero attached hydrogens (tertiary/aromatic N) is 3. The van der Waals surface area contributed by atoms with E-state index in [1.165, 1.54) is 30.0 Å². The van der Waals surface area contributed by atoms with Crippen LogP contribution >= 0.6 is 39.3 Å². The fraction of sp³-hybridized carbons (Fsp3) is 0.150. The van der Waals surface area contributed by atoms with Crippen molar-refractivity contribution < 1.29 is 13.9 Å². The van der Waals surface area contributed by atoms with Gasteiger partial charge in [0.1, 0.15) is 18.2 Å². The average Bonchev–Trinajstić information content (AvgIpc) is 3.09. The van der Waals surface area contributed by atoms with Gasteiger partial charge in [-0.1, -0.05) is 45.4 Å². The molecule has 0 aliphatic carbocycles. The molecule has 0 bridgehead atoms. The van der Waals surface area contributed by atoms with Gasteiger partial charge in [0.15, 0.2) is 11.0 Å². The van der Waals surface area contributed by atoms with Gasteiger partial charge >= 0.3 is 0 Å². The number of thioether (sulfide) groups is 1. The highest BCUT2D eigenvalue weighted by molar-refractivity contribution is 9.10. The van der Waals surface area contributed by atoms with E-state index in [-0.39, 0.29) is 23.3 Å². The van der Waals surface area contributed by atoms with E-state index >= 15 is 0 Å². The normalized spacial score (nSPS) is 10.6. The molecular formula is C20H17BrClFN4O2S. The quantitative estimate of drug-likeness (QED) is 0.311. The lowest BCUT2D eigenvalue weighted by molar-refractivity contribution is -0.113. The van der Waals surface area contributed by atoms with Gasteiger partial charge in [0.25, 0.3) is 0 Å². The summed E-state index contributed by atoms with van der Waals surface area (Å²) >= 11 is 10.6. The van der Waals surface area contributed by atoms with E-state index < -0.39 is 5.82 Å². The van der Waals surface area contributed by atoms with Crippen molar-refractivity contribution in [2.45, 2.75) is 18.3 Å². The number of nitrogens with one attached hydrogen (secondary N) is 1. The number of hydrogen-bond donors (Lipinski definition) is 1. The second-order valence-corrected chi connectivity index (χ2v) is 8.27. The Balaban J connectivity index is 1.62. The van der Waals surface area contributed by atoms with Crippen molar-refractivity contribution in [3.8, 4) is 5.75 Å². The van der Waals surface area contributed by atoms with Crippen LogP contribution in [0.25, 0.3) is 0 Å². The average molecular weight is 512 g/mol. The van der Waals surface area contributed by atoms with E-state index in [0.717, 1.165) is 4.47 Å². The van der Waals surface area contributed by atoms with Gasteiger partial charge in [-0.05, 0) is 42.5 Å². The molecule has 0 radical (unpaired) electrons. The number of halogens is 3. The molecule has 1 N–H and O–H groups in total. The van der Waals surface area contributed by atoms with Gasteiger partial charge in [0, 0.05) is 16.7 Å². The van der Waals surface area contributed by atoms with Crippen LogP contribution < -0.4 is 10.1 Å². The largest absolute Gasteiger partial charge is 0.484 e. The van der Waals surface area contributed by atoms with E-state index in [9.17, 15) is 9.18 Å². The summed E-state index contributed by atoms with van der Waals surface area (Å²) in [4.78, 5) is 12.2. The molecule has 6 nitrogen and oxygen atoms in total. The zero-order valence-corrected chi connectivity index (χ0v) is 18.8. The Bertz CT molecular complexity index is 1050. The lowest BCUT2D eigenvalue weighted by Crippen LogP contribution is -2.15. The molecule has 0 fully saturated rings. The molecule has 0 saturated carbocycles. The highest BCUT2D eigenvalue weighted by Crippen LogP contribution is 2.26. The first-order valence-corrected chi connectivity index (χ1v) is 10.9. The van der Waals surface area contributed by atoms with Crippen LogP contribution in [0.3, 0.4) is 0 Å². The molecule has 0 aliphatic heterocycles. The molecule has 0 saturated heterocycles. The van der Waals surface area contributed by atoms with Crippen molar-refractivity contribution in [3.05, 3.63) is 76.3 Å². The number of carbonyl (C=O) groups is 1. The third-order valence-electron chi connectivity index (χ3n) is 3.82. The van der Waals surface area contributed by atoms with E-state index in [1.54, 1.807) is 10.6 Å². The Hall–Kier alpha value is -2.36. The third kappa shape index (κ3) is 6.07. The molecule has 1 aromatic heterocycles. The number of hydrogen-bond acceptors (Lipinski definition) is 5. The first-order valence-electron chi connectivity index (χ1n) is 8.75. The summed E-state index contributed by atoms with van der Waals surface area (Å²) in [6, 6.07) is 11.2. The topological polar surface area (TPSA) is 69.0 Å². The SMILES string of the molecule is C=CCn1c(COc2ccc(F)cc2Cl)nnc1SCC(=O)Nc1ccc(Br)cc1. The van der Waals surface area contributed by atoms with E-state index in [0.29, 0.717) is 29.0 Å². The summed E-state index contributed by atoms with van der Waals surface area (Å²) < 4.78 is 21.5. The van der Waals surface area contributed by atoms with Crippen molar-refractivity contribution >= 4 is 50.9 Å². The highest BCUT2D eigenvalue weighted by Gasteiger charge is 2.15. The Kier molecular flexibility index (Phi) is 7.89. The predicted octanol–water partition coefficient (Wildman–Crippen LogP) is 5.33. The molecule has 3 rings (SSSR count). The first kappa shape index (κ1) is 22.3. The molecule has 2 aromatic carbocycles. The van der Waals surface area contributed by atoms with Crippen LogP contribution in [0.2, 0.25) is 5.02 Å². The van der Waals surface area contributed by atoms with Crippen LogP contribution in [-0.2, 0) is 17.9 Å². The Labute approximate surface area is 190 Å². The van der Waals surface area contributed by atoms with Crippen LogP contribution in [0, 0.1) is 5.82 Å². The maximum Gasteiger partial charge on any atom is 0.234 e. The second-order valence-electron chi connectivity index (χ2n) is 6.01. The summed E-state index contributed by atoms with van der Waals surface area (Å²) in [5.41, 5.74) is 0.710. The smallest absolute Gasteiger partial charge is 0.234 e. The van der Waals surface area contributed by atoms with Crippen LogP contribution in [-0.4, -0.2) is 26.4 Å². The number of rotatable bonds is 9. The summed E-state index contributed by atoms with van der Waals surface area (Å²) in [5.74, 6) is 0.435. The number of amides is 1. The molecule has 0 aliphatic rings. The molecule has 0 atom stereocenters. The van der Waals surface area contributed by atoms with Gasteiger partial charge in [-0.15, -0.1) is 16.8 Å². The van der Waals surface area contributed by atoms with E-state index in [4.69, 9.17) is 16.3 Å². The van der Waals surface area contributed by atoms with Crippen molar-refractivity contribution in [1.29, 1.82) is 0 Å². The minimum absolute atomic E-state index is 0.0812. The number of allylic oxidation sites excluding steroid dienone is 1.